The van der Waals surface area contributed by atoms with Gasteiger partial charge in [0.05, 0.1) is 0 Å². The molecule has 8 nitrogen and oxygen atoms in total. The van der Waals surface area contributed by atoms with E-state index in [0.717, 1.165) is 24.1 Å². The maximum absolute atomic E-state index is 12.1. The maximum Gasteiger partial charge on any atom is 0.407 e. The number of benzene rings is 1. The van der Waals surface area contributed by atoms with E-state index in [1.807, 2.05) is 58.9 Å². The van der Waals surface area contributed by atoms with Crippen LogP contribution in [0.1, 0.15) is 53.0 Å². The number of anilines is 1. The van der Waals surface area contributed by atoms with Crippen molar-refractivity contribution in [1.29, 1.82) is 0 Å². The molecule has 0 aliphatic heterocycles. The largest absolute Gasteiger partial charge is 0.444 e. The molecule has 0 fully saturated rings. The maximum atomic E-state index is 12.1. The molecular formula is C22H37N5O3. The van der Waals surface area contributed by atoms with Crippen LogP contribution in [-0.4, -0.2) is 43.7 Å². The molecule has 0 aliphatic carbocycles. The SMILES string of the molecule is CCC(C)C(=O)Nc1cccc(CNC(=NC)NCCCNC(=O)OC(C)(C)C)c1. The van der Waals surface area contributed by atoms with Crippen LogP contribution >= 0.6 is 0 Å². The van der Waals surface area contributed by atoms with Gasteiger partial charge in [-0.15, -0.1) is 0 Å². The Morgan fingerprint density at radius 3 is 2.47 bits per heavy atom. The number of hydrogen-bond donors (Lipinski definition) is 4. The molecule has 0 bridgehead atoms. The highest BCUT2D eigenvalue weighted by atomic mass is 16.6. The molecule has 0 radical (unpaired) electrons. The molecule has 0 saturated heterocycles. The Kier molecular flexibility index (Phi) is 10.7. The highest BCUT2D eigenvalue weighted by Crippen LogP contribution is 2.13. The lowest BCUT2D eigenvalue weighted by Gasteiger charge is -2.19. The van der Waals surface area contributed by atoms with E-state index in [4.69, 9.17) is 4.74 Å². The van der Waals surface area contributed by atoms with Crippen molar-refractivity contribution in [3.05, 3.63) is 29.8 Å². The van der Waals surface area contributed by atoms with Crippen LogP contribution in [0.5, 0.6) is 0 Å². The Morgan fingerprint density at radius 1 is 1.13 bits per heavy atom. The number of carbonyl (C=O) groups is 2. The lowest BCUT2D eigenvalue weighted by molar-refractivity contribution is -0.119. The van der Waals surface area contributed by atoms with Crippen molar-refractivity contribution in [2.75, 3.05) is 25.5 Å². The molecule has 0 heterocycles. The van der Waals surface area contributed by atoms with E-state index >= 15 is 0 Å². The quantitative estimate of drug-likeness (QED) is 0.279. The van der Waals surface area contributed by atoms with Crippen molar-refractivity contribution in [2.45, 2.75) is 59.6 Å². The fourth-order valence-corrected chi connectivity index (χ4v) is 2.42. The molecular weight excluding hydrogens is 382 g/mol. The van der Waals surface area contributed by atoms with Gasteiger partial charge < -0.3 is 26.0 Å². The summed E-state index contributed by atoms with van der Waals surface area (Å²) in [5.41, 5.74) is 1.32. The first-order chi connectivity index (χ1) is 14.1. The number of carbonyl (C=O) groups excluding carboxylic acids is 2. The Morgan fingerprint density at radius 2 is 1.83 bits per heavy atom. The number of nitrogens with zero attached hydrogens (tertiary/aromatic N) is 1. The molecule has 8 heteroatoms. The van der Waals surface area contributed by atoms with Crippen molar-refractivity contribution in [3.63, 3.8) is 0 Å². The third-order valence-corrected chi connectivity index (χ3v) is 4.25. The molecule has 1 aromatic carbocycles. The van der Waals surface area contributed by atoms with Gasteiger partial charge >= 0.3 is 6.09 Å². The standard InChI is InChI=1S/C22H37N5O3/c1-7-16(2)19(28)27-18-11-8-10-17(14-18)15-26-20(23-6)24-12-9-13-25-21(29)30-22(3,4)5/h8,10-11,14,16H,7,9,12-13,15H2,1-6H3,(H,25,29)(H,27,28)(H2,23,24,26). The highest BCUT2D eigenvalue weighted by Gasteiger charge is 2.15. The predicted octanol–water partition coefficient (Wildman–Crippen LogP) is 3.25. The van der Waals surface area contributed by atoms with Gasteiger partial charge in [0, 0.05) is 38.3 Å². The summed E-state index contributed by atoms with van der Waals surface area (Å²) in [6, 6.07) is 7.74. The molecule has 0 aliphatic rings. The number of ether oxygens (including phenoxy) is 1. The number of guanidine groups is 1. The Labute approximate surface area is 180 Å². The van der Waals surface area contributed by atoms with Gasteiger partial charge in [-0.05, 0) is 51.3 Å². The molecule has 168 valence electrons. The minimum absolute atomic E-state index is 0.0142. The van der Waals surface area contributed by atoms with E-state index in [-0.39, 0.29) is 11.8 Å². The summed E-state index contributed by atoms with van der Waals surface area (Å²) in [5, 5.41) is 12.1. The normalized spacial score (nSPS) is 12.7. The van der Waals surface area contributed by atoms with E-state index < -0.39 is 11.7 Å². The van der Waals surface area contributed by atoms with Crippen molar-refractivity contribution < 1.29 is 14.3 Å². The van der Waals surface area contributed by atoms with Gasteiger partial charge in [-0.2, -0.15) is 0 Å². The van der Waals surface area contributed by atoms with Gasteiger partial charge in [-0.3, -0.25) is 9.79 Å². The van der Waals surface area contributed by atoms with Crippen LogP contribution in [0.4, 0.5) is 10.5 Å². The van der Waals surface area contributed by atoms with Crippen LogP contribution in [0.2, 0.25) is 0 Å². The summed E-state index contributed by atoms with van der Waals surface area (Å²) < 4.78 is 5.19. The first-order valence-corrected chi connectivity index (χ1v) is 10.5. The molecule has 0 aromatic heterocycles. The average Bonchev–Trinajstić information content (AvgIpc) is 2.68. The highest BCUT2D eigenvalue weighted by molar-refractivity contribution is 5.92. The molecule has 1 aromatic rings. The fourth-order valence-electron chi connectivity index (χ4n) is 2.42. The third kappa shape index (κ3) is 10.7. The van der Waals surface area contributed by atoms with Crippen molar-refractivity contribution in [2.24, 2.45) is 10.9 Å². The number of aliphatic imine (C=N–C) groups is 1. The molecule has 1 unspecified atom stereocenters. The van der Waals surface area contributed by atoms with Gasteiger partial charge in [-0.25, -0.2) is 4.79 Å². The summed E-state index contributed by atoms with van der Waals surface area (Å²) in [6.45, 7) is 11.1. The molecule has 0 spiro atoms. The summed E-state index contributed by atoms with van der Waals surface area (Å²) in [4.78, 5) is 27.9. The number of amides is 2. The number of nitrogens with one attached hydrogen (secondary N) is 4. The molecule has 1 atom stereocenters. The Bertz CT molecular complexity index is 713. The first kappa shape index (κ1) is 25.3. The minimum Gasteiger partial charge on any atom is -0.444 e. The summed E-state index contributed by atoms with van der Waals surface area (Å²) in [5.74, 6) is 0.681. The molecule has 1 rings (SSSR count). The number of rotatable bonds is 9. The third-order valence-electron chi connectivity index (χ3n) is 4.25. The van der Waals surface area contributed by atoms with Crippen molar-refractivity contribution in [1.82, 2.24) is 16.0 Å². The zero-order chi connectivity index (χ0) is 22.6. The second kappa shape index (κ2) is 12.7. The molecule has 4 N–H and O–H groups in total. The van der Waals surface area contributed by atoms with Crippen LogP contribution in [0, 0.1) is 5.92 Å². The lowest BCUT2D eigenvalue weighted by atomic mass is 10.1. The van der Waals surface area contributed by atoms with Crippen LogP contribution in [0.15, 0.2) is 29.3 Å². The lowest BCUT2D eigenvalue weighted by Crippen LogP contribution is -2.39. The summed E-state index contributed by atoms with van der Waals surface area (Å²) in [7, 11) is 1.71. The van der Waals surface area contributed by atoms with Crippen LogP contribution < -0.4 is 21.3 Å². The molecule has 30 heavy (non-hydrogen) atoms. The predicted molar refractivity (Wildman–Crippen MR) is 122 cm³/mol. The van der Waals surface area contributed by atoms with Gasteiger partial charge in [0.1, 0.15) is 5.60 Å². The van der Waals surface area contributed by atoms with E-state index in [9.17, 15) is 9.59 Å². The monoisotopic (exact) mass is 419 g/mol. The zero-order valence-corrected chi connectivity index (χ0v) is 19.1. The Balaban J connectivity index is 2.36. The summed E-state index contributed by atoms with van der Waals surface area (Å²) in [6.07, 6.45) is 1.13. The first-order valence-electron chi connectivity index (χ1n) is 10.5. The van der Waals surface area contributed by atoms with E-state index in [2.05, 4.69) is 26.3 Å². The van der Waals surface area contributed by atoms with Crippen LogP contribution in [0.25, 0.3) is 0 Å². The zero-order valence-electron chi connectivity index (χ0n) is 19.1. The van der Waals surface area contributed by atoms with Crippen LogP contribution in [-0.2, 0) is 16.1 Å². The average molecular weight is 420 g/mol. The Hall–Kier alpha value is -2.77. The van der Waals surface area contributed by atoms with Crippen molar-refractivity contribution in [3.8, 4) is 0 Å². The second-order valence-electron chi connectivity index (χ2n) is 8.13. The smallest absolute Gasteiger partial charge is 0.407 e. The van der Waals surface area contributed by atoms with E-state index in [1.54, 1.807) is 7.05 Å². The second-order valence-corrected chi connectivity index (χ2v) is 8.13. The topological polar surface area (TPSA) is 104 Å². The van der Waals surface area contributed by atoms with E-state index in [1.165, 1.54) is 0 Å². The van der Waals surface area contributed by atoms with Gasteiger partial charge in [0.25, 0.3) is 0 Å². The van der Waals surface area contributed by atoms with E-state index in [0.29, 0.717) is 25.6 Å². The van der Waals surface area contributed by atoms with Gasteiger partial charge in [-0.1, -0.05) is 26.0 Å². The number of alkyl carbamates (subject to hydrolysis) is 1. The van der Waals surface area contributed by atoms with Gasteiger partial charge in [0.15, 0.2) is 5.96 Å². The van der Waals surface area contributed by atoms with Gasteiger partial charge in [0.2, 0.25) is 5.91 Å². The number of hydrogen-bond acceptors (Lipinski definition) is 4. The summed E-state index contributed by atoms with van der Waals surface area (Å²) >= 11 is 0. The molecule has 2 amide bonds. The fraction of sp³-hybridized carbons (Fsp3) is 0.591. The molecule has 0 saturated carbocycles. The minimum atomic E-state index is -0.497. The van der Waals surface area contributed by atoms with Crippen LogP contribution in [0.3, 0.4) is 0 Å². The van der Waals surface area contributed by atoms with Crippen molar-refractivity contribution >= 4 is 23.6 Å².